The van der Waals surface area contributed by atoms with Crippen molar-refractivity contribution >= 4 is 17.4 Å². The van der Waals surface area contributed by atoms with Gasteiger partial charge in [0, 0.05) is 17.3 Å². The Morgan fingerprint density at radius 1 is 0.972 bits per heavy atom. The molecule has 4 bridgehead atoms. The standard InChI is InChI=1S/C24H24FN3O.C2HF3O2/c25-19-6-2-1-5-18(19)21-20-7-3-4-8-28(20)22(26-21)23(29)27-24-12-15-9-16(13-24)11-17(10-15)14-24;3-2(4,5)1(6)7/h1-8,15-17H,9-14H2,(H,27,29);(H,6,7). The van der Waals surface area contributed by atoms with Crippen molar-refractivity contribution in [1.29, 1.82) is 0 Å². The second-order valence-corrected chi connectivity index (χ2v) is 10.2. The molecule has 190 valence electrons. The fraction of sp³-hybridized carbons (Fsp3) is 0.423. The van der Waals surface area contributed by atoms with Crippen LogP contribution < -0.4 is 5.32 Å². The molecule has 0 unspecified atom stereocenters. The number of aliphatic carboxylic acids is 1. The SMILES string of the molecule is O=C(NC12CC3CC(CC(C3)C1)C2)c1nc(-c2ccccc2F)c2ccccn12.O=C(O)C(F)(F)F. The number of nitrogens with zero attached hydrogens (tertiary/aromatic N) is 2. The molecule has 6 nitrogen and oxygen atoms in total. The van der Waals surface area contributed by atoms with Crippen LogP contribution in [0.15, 0.2) is 48.7 Å². The first kappa shape index (κ1) is 24.3. The number of hydrogen-bond acceptors (Lipinski definition) is 3. The minimum atomic E-state index is -5.08. The number of pyridine rings is 1. The third-order valence-corrected chi connectivity index (χ3v) is 7.54. The van der Waals surface area contributed by atoms with E-state index in [1.165, 1.54) is 25.3 Å². The van der Waals surface area contributed by atoms with E-state index in [0.717, 1.165) is 42.5 Å². The van der Waals surface area contributed by atoms with Gasteiger partial charge < -0.3 is 10.4 Å². The summed E-state index contributed by atoms with van der Waals surface area (Å²) in [7, 11) is 0. The van der Waals surface area contributed by atoms with Gasteiger partial charge in [-0.25, -0.2) is 14.2 Å². The van der Waals surface area contributed by atoms with Crippen LogP contribution in [0.25, 0.3) is 16.8 Å². The van der Waals surface area contributed by atoms with Crippen molar-refractivity contribution in [3.8, 4) is 11.3 Å². The molecule has 4 fully saturated rings. The molecule has 0 saturated heterocycles. The van der Waals surface area contributed by atoms with Gasteiger partial charge in [-0.1, -0.05) is 18.2 Å². The lowest BCUT2D eigenvalue weighted by Crippen LogP contribution is -2.60. The van der Waals surface area contributed by atoms with Gasteiger partial charge in [-0.05, 0) is 80.5 Å². The largest absolute Gasteiger partial charge is 0.490 e. The highest BCUT2D eigenvalue weighted by Crippen LogP contribution is 2.55. The van der Waals surface area contributed by atoms with Crippen LogP contribution in [-0.4, -0.2) is 38.1 Å². The van der Waals surface area contributed by atoms with Crippen molar-refractivity contribution in [2.75, 3.05) is 0 Å². The topological polar surface area (TPSA) is 83.7 Å². The van der Waals surface area contributed by atoms with Crippen LogP contribution in [0.3, 0.4) is 0 Å². The van der Waals surface area contributed by atoms with Gasteiger partial charge in [-0.15, -0.1) is 0 Å². The van der Waals surface area contributed by atoms with E-state index in [4.69, 9.17) is 9.90 Å². The number of alkyl halides is 3. The van der Waals surface area contributed by atoms with E-state index < -0.39 is 12.1 Å². The molecule has 4 aliphatic carbocycles. The van der Waals surface area contributed by atoms with Crippen molar-refractivity contribution in [1.82, 2.24) is 14.7 Å². The molecule has 36 heavy (non-hydrogen) atoms. The fourth-order valence-corrected chi connectivity index (χ4v) is 6.61. The summed E-state index contributed by atoms with van der Waals surface area (Å²) in [6, 6.07) is 12.3. The molecule has 4 aliphatic rings. The molecule has 0 radical (unpaired) electrons. The van der Waals surface area contributed by atoms with E-state index >= 15 is 0 Å². The number of benzene rings is 1. The minimum absolute atomic E-state index is 0.0788. The Balaban J connectivity index is 0.000000338. The van der Waals surface area contributed by atoms with Crippen LogP contribution >= 0.6 is 0 Å². The molecule has 0 atom stereocenters. The van der Waals surface area contributed by atoms with Crippen molar-refractivity contribution in [3.63, 3.8) is 0 Å². The smallest absolute Gasteiger partial charge is 0.475 e. The molecule has 2 heterocycles. The lowest BCUT2D eigenvalue weighted by molar-refractivity contribution is -0.192. The van der Waals surface area contributed by atoms with Crippen LogP contribution in [0.4, 0.5) is 17.6 Å². The van der Waals surface area contributed by atoms with Gasteiger partial charge in [0.1, 0.15) is 5.82 Å². The highest BCUT2D eigenvalue weighted by molar-refractivity contribution is 5.95. The van der Waals surface area contributed by atoms with E-state index in [9.17, 15) is 22.4 Å². The van der Waals surface area contributed by atoms with E-state index in [-0.39, 0.29) is 17.3 Å². The summed E-state index contributed by atoms with van der Waals surface area (Å²) in [6.07, 6.45) is 4.02. The third kappa shape index (κ3) is 4.56. The van der Waals surface area contributed by atoms with Crippen molar-refractivity contribution < 1.29 is 32.3 Å². The number of nitrogens with one attached hydrogen (secondary N) is 1. The number of carbonyl (C=O) groups is 2. The third-order valence-electron chi connectivity index (χ3n) is 7.54. The molecule has 2 aromatic heterocycles. The second-order valence-electron chi connectivity index (χ2n) is 10.2. The molecular formula is C26H25F4N3O3. The highest BCUT2D eigenvalue weighted by atomic mass is 19.4. The first-order valence-electron chi connectivity index (χ1n) is 11.9. The van der Waals surface area contributed by atoms with Crippen LogP contribution in [0, 0.1) is 23.6 Å². The maximum Gasteiger partial charge on any atom is 0.490 e. The Morgan fingerprint density at radius 2 is 1.53 bits per heavy atom. The summed E-state index contributed by atoms with van der Waals surface area (Å²) in [6.45, 7) is 0. The van der Waals surface area contributed by atoms with Crippen LogP contribution in [0.2, 0.25) is 0 Å². The lowest BCUT2D eigenvalue weighted by atomic mass is 9.53. The second kappa shape index (κ2) is 8.90. The molecule has 0 aliphatic heterocycles. The number of rotatable bonds is 3. The highest BCUT2D eigenvalue weighted by Gasteiger charge is 2.51. The van der Waals surface area contributed by atoms with Crippen LogP contribution in [-0.2, 0) is 4.79 Å². The molecule has 4 saturated carbocycles. The molecule has 3 aromatic rings. The first-order valence-corrected chi connectivity index (χ1v) is 11.9. The number of amides is 1. The van der Waals surface area contributed by atoms with Crippen LogP contribution in [0.1, 0.15) is 49.1 Å². The summed E-state index contributed by atoms with van der Waals surface area (Å²) < 4.78 is 48.0. The Kier molecular flexibility index (Phi) is 6.00. The van der Waals surface area contributed by atoms with Gasteiger partial charge in [0.2, 0.25) is 5.82 Å². The Bertz CT molecular complexity index is 1280. The Morgan fingerprint density at radius 3 is 2.08 bits per heavy atom. The van der Waals surface area contributed by atoms with Crippen molar-refractivity contribution in [2.45, 2.75) is 50.2 Å². The molecule has 1 aromatic carbocycles. The average molecular weight is 503 g/mol. The number of fused-ring (bicyclic) bond motifs is 1. The number of imidazole rings is 1. The zero-order chi connectivity index (χ0) is 25.7. The quantitative estimate of drug-likeness (QED) is 0.464. The number of carboxylic acids is 1. The molecule has 1 amide bonds. The van der Waals surface area contributed by atoms with Gasteiger partial charge in [0.25, 0.3) is 5.91 Å². The lowest BCUT2D eigenvalue weighted by Gasteiger charge is -2.56. The predicted octanol–water partition coefficient (Wildman–Crippen LogP) is 5.47. The molecule has 2 N–H and O–H groups in total. The van der Waals surface area contributed by atoms with Gasteiger partial charge in [0.15, 0.2) is 0 Å². The summed E-state index contributed by atoms with van der Waals surface area (Å²) in [5, 5.41) is 10.5. The monoisotopic (exact) mass is 503 g/mol. The average Bonchev–Trinajstić information content (AvgIpc) is 3.18. The van der Waals surface area contributed by atoms with E-state index in [0.29, 0.717) is 17.1 Å². The van der Waals surface area contributed by atoms with E-state index in [1.54, 1.807) is 22.6 Å². The predicted molar refractivity (Wildman–Crippen MR) is 123 cm³/mol. The van der Waals surface area contributed by atoms with Gasteiger partial charge in [0.05, 0.1) is 11.2 Å². The van der Waals surface area contributed by atoms with Gasteiger partial charge in [-0.2, -0.15) is 13.2 Å². The maximum atomic E-state index is 14.5. The summed E-state index contributed by atoms with van der Waals surface area (Å²) >= 11 is 0. The van der Waals surface area contributed by atoms with Crippen molar-refractivity contribution in [3.05, 3.63) is 60.3 Å². The zero-order valence-corrected chi connectivity index (χ0v) is 19.3. The Labute approximate surface area is 204 Å². The van der Waals surface area contributed by atoms with Gasteiger partial charge in [-0.3, -0.25) is 9.20 Å². The summed E-state index contributed by atoms with van der Waals surface area (Å²) in [5.74, 6) is -0.616. The molecule has 10 heteroatoms. The molecular weight excluding hydrogens is 478 g/mol. The Hall–Kier alpha value is -3.43. The number of halogens is 4. The van der Waals surface area contributed by atoms with Crippen LogP contribution in [0.5, 0.6) is 0 Å². The first-order chi connectivity index (χ1) is 17.0. The molecule has 7 rings (SSSR count). The van der Waals surface area contributed by atoms with Gasteiger partial charge >= 0.3 is 12.1 Å². The fourth-order valence-electron chi connectivity index (χ4n) is 6.61. The summed E-state index contributed by atoms with van der Waals surface area (Å²) in [5.41, 5.74) is 1.60. The minimum Gasteiger partial charge on any atom is -0.475 e. The number of carboxylic acid groups (broad SMARTS) is 1. The van der Waals surface area contributed by atoms with E-state index in [1.807, 2.05) is 24.4 Å². The van der Waals surface area contributed by atoms with E-state index in [2.05, 4.69) is 10.3 Å². The van der Waals surface area contributed by atoms with Crippen molar-refractivity contribution in [2.24, 2.45) is 17.8 Å². The number of carbonyl (C=O) groups excluding carboxylic acids is 1. The maximum absolute atomic E-state index is 14.5. The molecule has 0 spiro atoms. The zero-order valence-electron chi connectivity index (χ0n) is 19.3. The number of hydrogen-bond donors (Lipinski definition) is 2. The summed E-state index contributed by atoms with van der Waals surface area (Å²) in [4.78, 5) is 26.9. The normalized spacial score (nSPS) is 26.4. The number of aromatic nitrogens is 2.